The zero-order valence-electron chi connectivity index (χ0n) is 16.2. The van der Waals surface area contributed by atoms with E-state index in [-0.39, 0.29) is 12.1 Å². The Labute approximate surface area is 155 Å². The lowest BCUT2D eigenvalue weighted by molar-refractivity contribution is 0.194. The molecular formula is C21H28N2O3. The highest BCUT2D eigenvalue weighted by Gasteiger charge is 2.16. The van der Waals surface area contributed by atoms with Crippen LogP contribution in [-0.4, -0.2) is 38.7 Å². The van der Waals surface area contributed by atoms with E-state index < -0.39 is 0 Å². The van der Waals surface area contributed by atoms with E-state index in [1.807, 2.05) is 32.2 Å². The van der Waals surface area contributed by atoms with Gasteiger partial charge in [-0.25, -0.2) is 4.79 Å². The fourth-order valence-corrected chi connectivity index (χ4v) is 2.72. The van der Waals surface area contributed by atoms with Crippen molar-refractivity contribution < 1.29 is 14.3 Å². The van der Waals surface area contributed by atoms with Gasteiger partial charge in [-0.05, 0) is 43.5 Å². The second-order valence-electron chi connectivity index (χ2n) is 6.37. The number of amides is 2. The minimum Gasteiger partial charge on any atom is -0.493 e. The van der Waals surface area contributed by atoms with Crippen LogP contribution in [0.2, 0.25) is 0 Å². The van der Waals surface area contributed by atoms with Crippen LogP contribution in [0.4, 0.5) is 4.79 Å². The molecule has 0 saturated heterocycles. The molecule has 0 aliphatic heterocycles. The maximum absolute atomic E-state index is 12.4. The highest BCUT2D eigenvalue weighted by molar-refractivity contribution is 5.74. The van der Waals surface area contributed by atoms with Crippen molar-refractivity contribution in [3.8, 4) is 11.5 Å². The Bertz CT molecular complexity index is 729. The number of urea groups is 1. The fourth-order valence-electron chi connectivity index (χ4n) is 2.72. The van der Waals surface area contributed by atoms with Crippen LogP contribution in [0.1, 0.15) is 29.7 Å². The standard InChI is InChI=1S/C21H28N2O3/c1-15-6-9-18(10-7-15)16(2)23(3)21(24)22-13-12-17-8-11-19(25-4)20(14-17)26-5/h6-11,14,16H,12-13H2,1-5H3,(H,22,24). The van der Waals surface area contributed by atoms with E-state index in [1.54, 1.807) is 19.1 Å². The summed E-state index contributed by atoms with van der Waals surface area (Å²) in [4.78, 5) is 14.1. The summed E-state index contributed by atoms with van der Waals surface area (Å²) in [6, 6.07) is 14.0. The van der Waals surface area contributed by atoms with E-state index in [4.69, 9.17) is 9.47 Å². The molecule has 1 N–H and O–H groups in total. The molecule has 5 nitrogen and oxygen atoms in total. The second kappa shape index (κ2) is 9.13. The van der Waals surface area contributed by atoms with Gasteiger partial charge >= 0.3 is 6.03 Å². The first-order valence-electron chi connectivity index (χ1n) is 8.74. The number of rotatable bonds is 7. The lowest BCUT2D eigenvalue weighted by atomic mass is 10.1. The topological polar surface area (TPSA) is 50.8 Å². The lowest BCUT2D eigenvalue weighted by Gasteiger charge is -2.25. The van der Waals surface area contributed by atoms with Crippen LogP contribution in [0.3, 0.4) is 0 Å². The molecular weight excluding hydrogens is 328 g/mol. The molecule has 1 atom stereocenters. The van der Waals surface area contributed by atoms with Gasteiger partial charge in [-0.1, -0.05) is 35.9 Å². The van der Waals surface area contributed by atoms with Crippen LogP contribution in [-0.2, 0) is 6.42 Å². The lowest BCUT2D eigenvalue weighted by Crippen LogP contribution is -2.39. The molecule has 0 fully saturated rings. The summed E-state index contributed by atoms with van der Waals surface area (Å²) < 4.78 is 10.6. The van der Waals surface area contributed by atoms with Crippen LogP contribution in [0.5, 0.6) is 11.5 Å². The van der Waals surface area contributed by atoms with Crippen LogP contribution in [0.25, 0.3) is 0 Å². The normalized spacial score (nSPS) is 11.6. The third-order valence-electron chi connectivity index (χ3n) is 4.60. The Morgan fingerprint density at radius 3 is 2.35 bits per heavy atom. The Balaban J connectivity index is 1.88. The molecule has 0 heterocycles. The highest BCUT2D eigenvalue weighted by Crippen LogP contribution is 2.27. The first kappa shape index (κ1) is 19.6. The average molecular weight is 356 g/mol. The maximum atomic E-state index is 12.4. The van der Waals surface area contributed by atoms with Crippen molar-refractivity contribution in [3.05, 3.63) is 59.2 Å². The van der Waals surface area contributed by atoms with Crippen molar-refractivity contribution in [2.24, 2.45) is 0 Å². The SMILES string of the molecule is COc1ccc(CCNC(=O)N(C)C(C)c2ccc(C)cc2)cc1OC. The number of hydrogen-bond donors (Lipinski definition) is 1. The maximum Gasteiger partial charge on any atom is 0.317 e. The molecule has 1 unspecified atom stereocenters. The molecule has 0 radical (unpaired) electrons. The van der Waals surface area contributed by atoms with Gasteiger partial charge in [0.15, 0.2) is 11.5 Å². The van der Waals surface area contributed by atoms with Gasteiger partial charge in [-0.3, -0.25) is 0 Å². The van der Waals surface area contributed by atoms with E-state index in [0.29, 0.717) is 18.0 Å². The number of aryl methyl sites for hydroxylation is 1. The molecule has 0 aliphatic rings. The molecule has 2 aromatic rings. The van der Waals surface area contributed by atoms with Crippen LogP contribution in [0.15, 0.2) is 42.5 Å². The third-order valence-corrected chi connectivity index (χ3v) is 4.60. The van der Waals surface area contributed by atoms with Crippen molar-refractivity contribution >= 4 is 6.03 Å². The summed E-state index contributed by atoms with van der Waals surface area (Å²) in [5.41, 5.74) is 3.41. The van der Waals surface area contributed by atoms with Crippen LogP contribution in [0, 0.1) is 6.92 Å². The first-order chi connectivity index (χ1) is 12.5. The monoisotopic (exact) mass is 356 g/mol. The predicted octanol–water partition coefficient (Wildman–Crippen LogP) is 3.96. The summed E-state index contributed by atoms with van der Waals surface area (Å²) in [5.74, 6) is 1.40. The summed E-state index contributed by atoms with van der Waals surface area (Å²) in [6.45, 7) is 4.64. The molecule has 2 amide bonds. The summed E-state index contributed by atoms with van der Waals surface area (Å²) >= 11 is 0. The largest absolute Gasteiger partial charge is 0.493 e. The van der Waals surface area contributed by atoms with Crippen LogP contribution >= 0.6 is 0 Å². The van der Waals surface area contributed by atoms with Crippen molar-refractivity contribution in [3.63, 3.8) is 0 Å². The van der Waals surface area contributed by atoms with E-state index >= 15 is 0 Å². The Morgan fingerprint density at radius 2 is 1.73 bits per heavy atom. The van der Waals surface area contributed by atoms with Gasteiger partial charge in [-0.2, -0.15) is 0 Å². The predicted molar refractivity (Wildman–Crippen MR) is 104 cm³/mol. The zero-order valence-corrected chi connectivity index (χ0v) is 16.2. The van der Waals surface area contributed by atoms with Gasteiger partial charge in [0, 0.05) is 13.6 Å². The minimum absolute atomic E-state index is 0.0108. The molecule has 26 heavy (non-hydrogen) atoms. The molecule has 5 heteroatoms. The number of ether oxygens (including phenoxy) is 2. The second-order valence-corrected chi connectivity index (χ2v) is 6.37. The Morgan fingerprint density at radius 1 is 1.08 bits per heavy atom. The number of benzene rings is 2. The minimum atomic E-state index is -0.0847. The van der Waals surface area contributed by atoms with E-state index in [2.05, 4.69) is 36.5 Å². The fraction of sp³-hybridized carbons (Fsp3) is 0.381. The number of hydrogen-bond acceptors (Lipinski definition) is 3. The molecule has 2 rings (SSSR count). The molecule has 0 bridgehead atoms. The Hall–Kier alpha value is -2.69. The summed E-state index contributed by atoms with van der Waals surface area (Å²) in [7, 11) is 5.05. The van der Waals surface area contributed by atoms with E-state index in [0.717, 1.165) is 17.5 Å². The van der Waals surface area contributed by atoms with Gasteiger partial charge in [0.05, 0.1) is 20.3 Å². The third kappa shape index (κ3) is 4.91. The Kier molecular flexibility index (Phi) is 6.89. The molecule has 0 spiro atoms. The number of nitrogens with one attached hydrogen (secondary N) is 1. The number of carbonyl (C=O) groups is 1. The summed E-state index contributed by atoms with van der Waals surface area (Å²) in [5, 5.41) is 2.97. The van der Waals surface area contributed by atoms with E-state index in [9.17, 15) is 4.79 Å². The first-order valence-corrected chi connectivity index (χ1v) is 8.74. The molecule has 0 aliphatic carbocycles. The van der Waals surface area contributed by atoms with Crippen LogP contribution < -0.4 is 14.8 Å². The molecule has 140 valence electrons. The summed E-state index contributed by atoms with van der Waals surface area (Å²) in [6.07, 6.45) is 0.721. The van der Waals surface area contributed by atoms with Gasteiger partial charge in [0.2, 0.25) is 0 Å². The zero-order chi connectivity index (χ0) is 19.1. The van der Waals surface area contributed by atoms with Gasteiger partial charge in [0.25, 0.3) is 0 Å². The molecule has 2 aromatic carbocycles. The van der Waals surface area contributed by atoms with Gasteiger partial charge < -0.3 is 19.7 Å². The van der Waals surface area contributed by atoms with E-state index in [1.165, 1.54) is 5.56 Å². The van der Waals surface area contributed by atoms with Crippen molar-refractivity contribution in [2.75, 3.05) is 27.8 Å². The quantitative estimate of drug-likeness (QED) is 0.817. The van der Waals surface area contributed by atoms with Gasteiger partial charge in [-0.15, -0.1) is 0 Å². The van der Waals surface area contributed by atoms with Gasteiger partial charge in [0.1, 0.15) is 0 Å². The molecule has 0 aromatic heterocycles. The highest BCUT2D eigenvalue weighted by atomic mass is 16.5. The average Bonchev–Trinajstić information content (AvgIpc) is 2.67. The molecule has 0 saturated carbocycles. The number of nitrogens with zero attached hydrogens (tertiary/aromatic N) is 1. The van der Waals surface area contributed by atoms with Crippen molar-refractivity contribution in [1.82, 2.24) is 10.2 Å². The van der Waals surface area contributed by atoms with Crippen molar-refractivity contribution in [2.45, 2.75) is 26.3 Å². The van der Waals surface area contributed by atoms with Crippen molar-refractivity contribution in [1.29, 1.82) is 0 Å². The number of methoxy groups -OCH3 is 2. The smallest absolute Gasteiger partial charge is 0.317 e. The number of carbonyl (C=O) groups excluding carboxylic acids is 1.